The van der Waals surface area contributed by atoms with Crippen molar-refractivity contribution in [2.75, 3.05) is 47.0 Å². The molecule has 0 aliphatic carbocycles. The van der Waals surface area contributed by atoms with Crippen LogP contribution in [0.3, 0.4) is 0 Å². The Kier molecular flexibility index (Phi) is 9.94. The molecule has 7 atom stereocenters. The quantitative estimate of drug-likeness (QED) is 0.235. The van der Waals surface area contributed by atoms with E-state index in [9.17, 15) is 24.6 Å². The van der Waals surface area contributed by atoms with Crippen LogP contribution in [0.1, 0.15) is 88.5 Å². The molecule has 314 valence electrons. The monoisotopic (exact) mass is 831 g/mol. The summed E-state index contributed by atoms with van der Waals surface area (Å²) in [5, 5.41) is 27.6. The first-order valence-electron chi connectivity index (χ1n) is 20.0. The first kappa shape index (κ1) is 39.7. The second-order valence-electron chi connectivity index (χ2n) is 16.1. The van der Waals surface area contributed by atoms with Crippen LogP contribution in [0.25, 0.3) is 0 Å². The lowest BCUT2D eigenvalue weighted by Gasteiger charge is -2.62. The molecular formula is C43H49N3O12S. The molecule has 3 aromatic rings. The molecule has 4 bridgehead atoms. The Hall–Kier alpha value is -4.74. The zero-order chi connectivity index (χ0) is 41.7. The summed E-state index contributed by atoms with van der Waals surface area (Å²) in [6.45, 7) is 7.10. The standard InChI is InChI=1S/C43H49N3O12S/c1-8-9-29(48)58-28-14-22-10-11-44-43(24(22)15-27(28)52-6)17-59-40-32-31(39-38(55-18-56-39)20(3)37(32)57-21(4)47)26(16-54-42(43)51)46-34(40)33-30-23(13-25(41(46)50)45(33)5)12-19(2)36(53-7)35(30)49/h12,14-15,25-26,33-34,40-41,44,49-50H,8-11,13,16-18H2,1-7H3/t25-,26-,33-,34?,40+,41-,43+/m0/s1. The minimum Gasteiger partial charge on any atom is -0.504 e. The lowest BCUT2D eigenvalue weighted by molar-refractivity contribution is -0.186. The Morgan fingerprint density at radius 2 is 1.78 bits per heavy atom. The number of thioether (sulfide) groups is 1. The van der Waals surface area contributed by atoms with Gasteiger partial charge in [0, 0.05) is 53.9 Å². The van der Waals surface area contributed by atoms with E-state index in [1.807, 2.05) is 38.8 Å². The molecule has 7 heterocycles. The van der Waals surface area contributed by atoms with Gasteiger partial charge in [-0.15, -0.1) is 11.8 Å². The van der Waals surface area contributed by atoms with E-state index >= 15 is 0 Å². The van der Waals surface area contributed by atoms with Gasteiger partial charge >= 0.3 is 17.9 Å². The van der Waals surface area contributed by atoms with Gasteiger partial charge in [0.1, 0.15) is 18.6 Å². The smallest absolute Gasteiger partial charge is 0.331 e. The van der Waals surface area contributed by atoms with Gasteiger partial charge in [-0.1, -0.05) is 13.0 Å². The Morgan fingerprint density at radius 1 is 1.00 bits per heavy atom. The molecular weight excluding hydrogens is 783 g/mol. The van der Waals surface area contributed by atoms with Crippen molar-refractivity contribution in [3.8, 4) is 40.2 Å². The zero-order valence-corrected chi connectivity index (χ0v) is 34.9. The highest BCUT2D eigenvalue weighted by atomic mass is 32.2. The van der Waals surface area contributed by atoms with Crippen molar-refractivity contribution in [3.63, 3.8) is 0 Å². The lowest BCUT2D eigenvalue weighted by Crippen LogP contribution is -2.70. The van der Waals surface area contributed by atoms with Crippen molar-refractivity contribution in [3.05, 3.63) is 62.7 Å². The number of hydrogen-bond acceptors (Lipinski definition) is 16. The zero-order valence-electron chi connectivity index (χ0n) is 34.1. The number of likely N-dealkylation sites (N-methyl/N-ethyl adjacent to an activating group) is 1. The van der Waals surface area contributed by atoms with Gasteiger partial charge < -0.3 is 43.4 Å². The van der Waals surface area contributed by atoms with E-state index in [-0.39, 0.29) is 43.0 Å². The highest BCUT2D eigenvalue weighted by molar-refractivity contribution is 7.99. The van der Waals surface area contributed by atoms with E-state index in [2.05, 4.69) is 10.2 Å². The summed E-state index contributed by atoms with van der Waals surface area (Å²) >= 11 is 1.46. The number of piperazine rings is 1. The van der Waals surface area contributed by atoms with Crippen molar-refractivity contribution in [2.24, 2.45) is 0 Å². The average molecular weight is 832 g/mol. The van der Waals surface area contributed by atoms with Crippen LogP contribution in [-0.4, -0.2) is 103 Å². The van der Waals surface area contributed by atoms with Crippen molar-refractivity contribution in [1.29, 1.82) is 0 Å². The number of nitrogens with one attached hydrogen (secondary N) is 1. The first-order chi connectivity index (χ1) is 28.3. The summed E-state index contributed by atoms with van der Waals surface area (Å²) in [4.78, 5) is 44.7. The average Bonchev–Trinajstić information content (AvgIpc) is 3.70. The molecule has 7 aliphatic rings. The van der Waals surface area contributed by atoms with Gasteiger partial charge in [-0.2, -0.15) is 0 Å². The maximum absolute atomic E-state index is 14.9. The number of benzene rings is 3. The minimum atomic E-state index is -1.40. The maximum atomic E-state index is 14.9. The normalized spacial score (nSPS) is 27.8. The number of carbonyl (C=O) groups excluding carboxylic acids is 3. The summed E-state index contributed by atoms with van der Waals surface area (Å²) in [6.07, 6.45) is 0.787. The fourth-order valence-electron chi connectivity index (χ4n) is 10.4. The molecule has 3 aromatic carbocycles. The summed E-state index contributed by atoms with van der Waals surface area (Å²) in [7, 11) is 4.98. The number of ether oxygens (including phenoxy) is 7. The maximum Gasteiger partial charge on any atom is 0.331 e. The van der Waals surface area contributed by atoms with E-state index in [4.69, 9.17) is 33.2 Å². The van der Waals surface area contributed by atoms with Gasteiger partial charge in [0.05, 0.1) is 37.6 Å². The van der Waals surface area contributed by atoms with E-state index in [0.29, 0.717) is 82.4 Å². The number of phenols is 1. The largest absolute Gasteiger partial charge is 0.504 e. The third kappa shape index (κ3) is 5.88. The number of methoxy groups -OCH3 is 2. The number of fused-ring (bicyclic) bond motifs is 9. The van der Waals surface area contributed by atoms with Gasteiger partial charge in [-0.25, -0.2) is 4.79 Å². The Morgan fingerprint density at radius 3 is 2.51 bits per heavy atom. The highest BCUT2D eigenvalue weighted by Gasteiger charge is 2.61. The summed E-state index contributed by atoms with van der Waals surface area (Å²) in [5.74, 6) is 0.844. The number of hydrogen-bond donors (Lipinski definition) is 3. The number of aromatic hydroxyl groups is 1. The van der Waals surface area contributed by atoms with Gasteiger partial charge in [-0.3, -0.25) is 24.7 Å². The van der Waals surface area contributed by atoms with Gasteiger partial charge in [0.25, 0.3) is 0 Å². The molecule has 0 saturated carbocycles. The second kappa shape index (κ2) is 14.8. The molecule has 1 spiro atoms. The second-order valence-corrected chi connectivity index (χ2v) is 17.3. The van der Waals surface area contributed by atoms with Crippen LogP contribution in [0.4, 0.5) is 0 Å². The van der Waals surface area contributed by atoms with Crippen LogP contribution < -0.4 is 33.7 Å². The van der Waals surface area contributed by atoms with Gasteiger partial charge in [0.2, 0.25) is 6.79 Å². The third-order valence-corrected chi connectivity index (χ3v) is 14.4. The summed E-state index contributed by atoms with van der Waals surface area (Å²) in [5.41, 5.74) is 4.26. The first-order valence-corrected chi connectivity index (χ1v) is 21.1. The molecule has 2 fully saturated rings. The molecule has 1 unspecified atom stereocenters. The van der Waals surface area contributed by atoms with Gasteiger partial charge in [0.15, 0.2) is 40.0 Å². The van der Waals surface area contributed by atoms with E-state index in [0.717, 1.165) is 16.7 Å². The van der Waals surface area contributed by atoms with E-state index in [1.165, 1.54) is 32.9 Å². The van der Waals surface area contributed by atoms with Crippen molar-refractivity contribution in [2.45, 2.75) is 94.6 Å². The van der Waals surface area contributed by atoms with Crippen LogP contribution >= 0.6 is 11.8 Å². The van der Waals surface area contributed by atoms with Crippen LogP contribution in [-0.2, 0) is 37.5 Å². The number of rotatable bonds is 6. The number of carbonyl (C=O) groups is 3. The Bertz CT molecular complexity index is 2280. The minimum absolute atomic E-state index is 0.0303. The summed E-state index contributed by atoms with van der Waals surface area (Å²) in [6, 6.07) is 3.24. The molecule has 7 aliphatic heterocycles. The summed E-state index contributed by atoms with van der Waals surface area (Å²) < 4.78 is 42.1. The van der Waals surface area contributed by atoms with Gasteiger partial charge in [-0.05, 0) is 74.5 Å². The number of aliphatic hydroxyl groups excluding tert-OH is 1. The van der Waals surface area contributed by atoms with Crippen LogP contribution in [0.2, 0.25) is 0 Å². The predicted molar refractivity (Wildman–Crippen MR) is 213 cm³/mol. The highest BCUT2D eigenvalue weighted by Crippen LogP contribution is 2.64. The Balaban J connectivity index is 1.27. The van der Waals surface area contributed by atoms with Crippen LogP contribution in [0, 0.1) is 13.8 Å². The molecule has 3 N–H and O–H groups in total. The lowest BCUT2D eigenvalue weighted by atomic mass is 9.73. The fraction of sp³-hybridized carbons (Fsp3) is 0.512. The third-order valence-electron chi connectivity index (χ3n) is 12.9. The van der Waals surface area contributed by atoms with E-state index < -0.39 is 53.1 Å². The molecule has 0 amide bonds. The van der Waals surface area contributed by atoms with Crippen LogP contribution in [0.15, 0.2) is 18.2 Å². The number of aliphatic hydroxyl groups is 1. The Labute approximate surface area is 346 Å². The van der Waals surface area contributed by atoms with E-state index in [1.54, 1.807) is 12.1 Å². The fourth-order valence-corrected chi connectivity index (χ4v) is 12.1. The van der Waals surface area contributed by atoms with Crippen molar-refractivity contribution in [1.82, 2.24) is 15.1 Å². The molecule has 10 rings (SSSR count). The SMILES string of the molecule is CCCC(=O)Oc1cc2c(cc1OC)[C@@]1(CS[C@@H]3c4c(OC(C)=O)c(C)c5c(c4[C@H](COC1=O)N1C3[C@@H]3c4c(cc(C)c(OC)c4O)C[C@@H]([C@@H]1O)N3C)OCO5)NCC2. The molecule has 0 aromatic heterocycles. The number of aryl methyl sites for hydroxylation is 1. The predicted octanol–water partition coefficient (Wildman–Crippen LogP) is 4.41. The molecule has 16 heteroatoms. The topological polar surface area (TPSA) is 175 Å². The number of nitrogens with zero attached hydrogens (tertiary/aromatic N) is 2. The number of phenolic OH excluding ortho intramolecular Hbond substituents is 1. The molecule has 59 heavy (non-hydrogen) atoms. The molecule has 0 radical (unpaired) electrons. The number of esters is 3. The van der Waals surface area contributed by atoms with Crippen molar-refractivity contribution < 1.29 is 57.8 Å². The van der Waals surface area contributed by atoms with Crippen LogP contribution in [0.5, 0.6) is 40.2 Å². The molecule has 15 nitrogen and oxygen atoms in total. The van der Waals surface area contributed by atoms with Crippen molar-refractivity contribution >= 4 is 29.7 Å². The molecule has 2 saturated heterocycles.